The monoisotopic (exact) mass is 411 g/mol. The van der Waals surface area contributed by atoms with Crippen LogP contribution in [0.15, 0.2) is 53.9 Å². The molecule has 0 radical (unpaired) electrons. The van der Waals surface area contributed by atoms with Crippen molar-refractivity contribution in [1.82, 2.24) is 9.55 Å². The van der Waals surface area contributed by atoms with Gasteiger partial charge in [0.05, 0.1) is 25.2 Å². The van der Waals surface area contributed by atoms with Crippen LogP contribution in [-0.2, 0) is 4.79 Å². The number of amides is 1. The van der Waals surface area contributed by atoms with Gasteiger partial charge in [-0.1, -0.05) is 29.5 Å². The average molecular weight is 412 g/mol. The van der Waals surface area contributed by atoms with E-state index in [9.17, 15) is 4.79 Å². The van der Waals surface area contributed by atoms with Gasteiger partial charge in [0.25, 0.3) is 0 Å². The van der Waals surface area contributed by atoms with Crippen molar-refractivity contribution in [3.8, 4) is 17.2 Å². The van der Waals surface area contributed by atoms with Gasteiger partial charge < -0.3 is 14.8 Å². The first-order chi connectivity index (χ1) is 13.9. The molecule has 0 aliphatic rings. The number of aromatic nitrogens is 2. The molecule has 6 nitrogen and oxygen atoms in total. The third-order valence-electron chi connectivity index (χ3n) is 4.49. The van der Waals surface area contributed by atoms with Crippen LogP contribution in [0.2, 0.25) is 0 Å². The zero-order valence-electron chi connectivity index (χ0n) is 17.2. The van der Waals surface area contributed by atoms with Gasteiger partial charge in [0.1, 0.15) is 11.5 Å². The van der Waals surface area contributed by atoms with E-state index in [0.717, 1.165) is 16.4 Å². The molecule has 1 aromatic heterocycles. The van der Waals surface area contributed by atoms with Crippen LogP contribution in [0.3, 0.4) is 0 Å². The summed E-state index contributed by atoms with van der Waals surface area (Å²) in [7, 11) is 3.15. The lowest BCUT2D eigenvalue weighted by Gasteiger charge is -2.15. The summed E-state index contributed by atoms with van der Waals surface area (Å²) in [5.74, 6) is 1.11. The van der Waals surface area contributed by atoms with Crippen molar-refractivity contribution in [1.29, 1.82) is 0 Å². The van der Waals surface area contributed by atoms with Crippen LogP contribution in [0.1, 0.15) is 18.1 Å². The lowest BCUT2D eigenvalue weighted by Crippen LogP contribution is -2.23. The Morgan fingerprint density at radius 1 is 1.10 bits per heavy atom. The minimum atomic E-state index is -0.348. The predicted molar refractivity (Wildman–Crippen MR) is 117 cm³/mol. The molecule has 2 aromatic carbocycles. The van der Waals surface area contributed by atoms with Crippen molar-refractivity contribution in [2.24, 2.45) is 0 Å². The van der Waals surface area contributed by atoms with Crippen LogP contribution < -0.4 is 14.8 Å². The zero-order valence-corrected chi connectivity index (χ0v) is 18.0. The highest BCUT2D eigenvalue weighted by Gasteiger charge is 2.19. The number of imidazole rings is 1. The van der Waals surface area contributed by atoms with Gasteiger partial charge in [-0.25, -0.2) is 4.98 Å². The number of aryl methyl sites for hydroxylation is 2. The van der Waals surface area contributed by atoms with Crippen molar-refractivity contribution in [3.63, 3.8) is 0 Å². The van der Waals surface area contributed by atoms with E-state index in [1.165, 1.54) is 17.3 Å². The number of hydrogen-bond acceptors (Lipinski definition) is 5. The number of nitrogens with one attached hydrogen (secondary N) is 1. The predicted octanol–water partition coefficient (Wildman–Crippen LogP) is 4.63. The summed E-state index contributed by atoms with van der Waals surface area (Å²) in [5, 5.41) is 3.34. The molecule has 0 spiro atoms. The Morgan fingerprint density at radius 2 is 1.79 bits per heavy atom. The molecule has 0 fully saturated rings. The molecule has 1 atom stereocenters. The summed E-state index contributed by atoms with van der Waals surface area (Å²) < 4.78 is 12.5. The molecule has 3 rings (SSSR count). The third-order valence-corrected chi connectivity index (χ3v) is 5.57. The van der Waals surface area contributed by atoms with E-state index in [1.54, 1.807) is 38.6 Å². The second-order valence-electron chi connectivity index (χ2n) is 6.72. The number of rotatable bonds is 7. The Hall–Kier alpha value is -2.93. The lowest BCUT2D eigenvalue weighted by molar-refractivity contribution is -0.115. The number of ether oxygens (including phenoxy) is 2. The number of nitrogens with zero attached hydrogens (tertiary/aromatic N) is 2. The van der Waals surface area contributed by atoms with Crippen LogP contribution in [-0.4, -0.2) is 34.9 Å². The van der Waals surface area contributed by atoms with Gasteiger partial charge in [-0.2, -0.15) is 0 Å². The second-order valence-corrected chi connectivity index (χ2v) is 8.03. The highest BCUT2D eigenvalue weighted by molar-refractivity contribution is 8.00. The van der Waals surface area contributed by atoms with E-state index in [-0.39, 0.29) is 11.2 Å². The van der Waals surface area contributed by atoms with Crippen molar-refractivity contribution < 1.29 is 14.3 Å². The first-order valence-corrected chi connectivity index (χ1v) is 10.1. The molecule has 29 heavy (non-hydrogen) atoms. The Balaban J connectivity index is 1.75. The first-order valence-electron chi connectivity index (χ1n) is 9.23. The van der Waals surface area contributed by atoms with E-state index in [0.29, 0.717) is 17.2 Å². The number of benzene rings is 2. The highest BCUT2D eigenvalue weighted by Crippen LogP contribution is 2.29. The number of anilines is 1. The van der Waals surface area contributed by atoms with E-state index >= 15 is 0 Å². The summed E-state index contributed by atoms with van der Waals surface area (Å²) in [5.41, 5.74) is 4.05. The number of carbonyl (C=O) groups excluding carboxylic acids is 1. The molecule has 0 saturated heterocycles. The van der Waals surface area contributed by atoms with Gasteiger partial charge >= 0.3 is 0 Å². The summed E-state index contributed by atoms with van der Waals surface area (Å²) in [4.78, 5) is 17.2. The Morgan fingerprint density at radius 3 is 2.41 bits per heavy atom. The minimum absolute atomic E-state index is 0.125. The molecule has 7 heteroatoms. The van der Waals surface area contributed by atoms with Crippen molar-refractivity contribution >= 4 is 23.4 Å². The Labute approximate surface area is 175 Å². The van der Waals surface area contributed by atoms with Crippen LogP contribution >= 0.6 is 11.8 Å². The SMILES string of the molecule is COc1cc(NC(=O)[C@@H](C)Sc2nccn2-c2ccc(C)cc2C)cc(OC)c1. The molecule has 3 aromatic rings. The topological polar surface area (TPSA) is 65.4 Å². The molecule has 152 valence electrons. The van der Waals surface area contributed by atoms with Gasteiger partial charge in [-0.15, -0.1) is 0 Å². The Kier molecular flexibility index (Phi) is 6.49. The quantitative estimate of drug-likeness (QED) is 0.575. The summed E-state index contributed by atoms with van der Waals surface area (Å²) in [6.45, 7) is 6.00. The molecule has 1 N–H and O–H groups in total. The third kappa shape index (κ3) is 4.92. The maximum Gasteiger partial charge on any atom is 0.237 e. The van der Waals surface area contributed by atoms with Crippen LogP contribution in [0.25, 0.3) is 5.69 Å². The minimum Gasteiger partial charge on any atom is -0.497 e. The van der Waals surface area contributed by atoms with Gasteiger partial charge in [0.2, 0.25) is 5.91 Å². The molecule has 0 bridgehead atoms. The molecular weight excluding hydrogens is 386 g/mol. The fourth-order valence-electron chi connectivity index (χ4n) is 2.97. The molecule has 0 aliphatic heterocycles. The number of methoxy groups -OCH3 is 2. The standard InChI is InChI=1S/C22H25N3O3S/c1-14-6-7-20(15(2)10-14)25-9-8-23-22(25)29-16(3)21(26)24-17-11-18(27-4)13-19(12-17)28-5/h6-13,16H,1-5H3,(H,24,26)/t16-/m1/s1. The molecule has 1 heterocycles. The zero-order chi connectivity index (χ0) is 21.0. The van der Waals surface area contributed by atoms with Crippen LogP contribution in [0.4, 0.5) is 5.69 Å². The van der Waals surface area contributed by atoms with E-state index in [1.807, 2.05) is 17.7 Å². The van der Waals surface area contributed by atoms with Crippen molar-refractivity contribution in [3.05, 3.63) is 59.9 Å². The highest BCUT2D eigenvalue weighted by atomic mass is 32.2. The molecule has 1 amide bonds. The van der Waals surface area contributed by atoms with E-state index < -0.39 is 0 Å². The molecular formula is C22H25N3O3S. The van der Waals surface area contributed by atoms with Gasteiger partial charge in [-0.05, 0) is 32.4 Å². The lowest BCUT2D eigenvalue weighted by atomic mass is 10.1. The molecule has 0 saturated carbocycles. The van der Waals surface area contributed by atoms with Crippen molar-refractivity contribution in [2.45, 2.75) is 31.2 Å². The summed E-state index contributed by atoms with van der Waals surface area (Å²) >= 11 is 1.41. The second kappa shape index (κ2) is 9.05. The van der Waals surface area contributed by atoms with Gasteiger partial charge in [0.15, 0.2) is 5.16 Å². The maximum atomic E-state index is 12.7. The molecule has 0 unspecified atom stereocenters. The summed E-state index contributed by atoms with van der Waals surface area (Å²) in [6.07, 6.45) is 3.66. The van der Waals surface area contributed by atoms with Gasteiger partial charge in [0, 0.05) is 36.3 Å². The largest absolute Gasteiger partial charge is 0.497 e. The molecule has 0 aliphatic carbocycles. The van der Waals surface area contributed by atoms with Crippen LogP contribution in [0, 0.1) is 13.8 Å². The normalized spacial score (nSPS) is 11.8. The van der Waals surface area contributed by atoms with Gasteiger partial charge in [-0.3, -0.25) is 9.36 Å². The summed E-state index contributed by atoms with van der Waals surface area (Å²) in [6, 6.07) is 11.6. The average Bonchev–Trinajstić information content (AvgIpc) is 3.15. The van der Waals surface area contributed by atoms with E-state index in [2.05, 4.69) is 42.3 Å². The number of carbonyl (C=O) groups is 1. The van der Waals surface area contributed by atoms with E-state index in [4.69, 9.17) is 9.47 Å². The number of thioether (sulfide) groups is 1. The maximum absolute atomic E-state index is 12.7. The smallest absolute Gasteiger partial charge is 0.237 e. The van der Waals surface area contributed by atoms with Crippen molar-refractivity contribution in [2.75, 3.05) is 19.5 Å². The van der Waals surface area contributed by atoms with Crippen LogP contribution in [0.5, 0.6) is 11.5 Å². The number of hydrogen-bond donors (Lipinski definition) is 1. The fourth-order valence-corrected chi connectivity index (χ4v) is 3.85. The fraction of sp³-hybridized carbons (Fsp3) is 0.273. The first kappa shape index (κ1) is 20.8. The Bertz CT molecular complexity index is 994.